The highest BCUT2D eigenvalue weighted by Gasteiger charge is 2.60. The van der Waals surface area contributed by atoms with Gasteiger partial charge in [-0.05, 0) is 80.6 Å². The second-order valence-corrected chi connectivity index (χ2v) is 11.3. The molecule has 0 spiro atoms. The number of hydrogen-bond donors (Lipinski definition) is 2. The molecule has 1 amide bonds. The molecular formula is C24H33NO6S. The largest absolute Gasteiger partial charge is 0.462 e. The Morgan fingerprint density at radius 2 is 1.88 bits per heavy atom. The lowest BCUT2D eigenvalue weighted by Crippen LogP contribution is -2.58. The Morgan fingerprint density at radius 1 is 1.19 bits per heavy atom. The maximum Gasteiger partial charge on any atom is 0.341 e. The second-order valence-electron chi connectivity index (χ2n) is 10.4. The zero-order valence-electron chi connectivity index (χ0n) is 19.1. The van der Waals surface area contributed by atoms with E-state index in [1.165, 1.54) is 11.3 Å². The van der Waals surface area contributed by atoms with Gasteiger partial charge in [-0.2, -0.15) is 0 Å². The van der Waals surface area contributed by atoms with E-state index in [0.29, 0.717) is 41.2 Å². The van der Waals surface area contributed by atoms with E-state index in [0.717, 1.165) is 37.7 Å². The molecule has 7 nitrogen and oxygen atoms in total. The van der Waals surface area contributed by atoms with Crippen molar-refractivity contribution in [3.05, 3.63) is 16.5 Å². The number of hydrogen-bond acceptors (Lipinski definition) is 7. The maximum atomic E-state index is 13.0. The molecule has 5 rings (SSSR count). The molecule has 4 fully saturated rings. The predicted octanol–water partition coefficient (Wildman–Crippen LogP) is 3.94. The number of amides is 1. The predicted molar refractivity (Wildman–Crippen MR) is 120 cm³/mol. The minimum Gasteiger partial charge on any atom is -0.462 e. The molecule has 0 aromatic carbocycles. The fraction of sp³-hybridized carbons (Fsp3) is 0.708. The third kappa shape index (κ3) is 4.57. The van der Waals surface area contributed by atoms with Crippen molar-refractivity contribution < 1.29 is 29.0 Å². The molecule has 1 heterocycles. The topological polar surface area (TPSA) is 102 Å². The van der Waals surface area contributed by atoms with E-state index >= 15 is 0 Å². The first-order chi connectivity index (χ1) is 15.1. The van der Waals surface area contributed by atoms with Crippen LogP contribution in [0.4, 0.5) is 5.00 Å². The fourth-order valence-corrected chi connectivity index (χ4v) is 7.38. The Morgan fingerprint density at radius 3 is 2.47 bits per heavy atom. The first kappa shape index (κ1) is 23.2. The van der Waals surface area contributed by atoms with E-state index in [1.54, 1.807) is 6.92 Å². The molecule has 4 aliphatic rings. The van der Waals surface area contributed by atoms with Crippen LogP contribution in [0.3, 0.4) is 0 Å². The Hall–Kier alpha value is -1.93. The summed E-state index contributed by atoms with van der Waals surface area (Å²) in [7, 11) is 0. The van der Waals surface area contributed by atoms with Crippen LogP contribution in [-0.2, 0) is 25.5 Å². The molecule has 32 heavy (non-hydrogen) atoms. The summed E-state index contributed by atoms with van der Waals surface area (Å²) in [5, 5.41) is 15.9. The van der Waals surface area contributed by atoms with Gasteiger partial charge in [0.1, 0.15) is 5.00 Å². The number of nitrogens with one attached hydrogen (secondary N) is 1. The van der Waals surface area contributed by atoms with Gasteiger partial charge in [-0.1, -0.05) is 13.8 Å². The highest BCUT2D eigenvalue weighted by molar-refractivity contribution is 7.15. The Balaban J connectivity index is 1.40. The lowest BCUT2D eigenvalue weighted by atomic mass is 9.48. The third-order valence-corrected chi connectivity index (χ3v) is 7.97. The Kier molecular flexibility index (Phi) is 6.38. The molecule has 0 unspecified atom stereocenters. The van der Waals surface area contributed by atoms with Gasteiger partial charge in [0.05, 0.1) is 23.2 Å². The van der Waals surface area contributed by atoms with Gasteiger partial charge in [-0.15, -0.1) is 11.3 Å². The average Bonchev–Trinajstić information content (AvgIpc) is 3.05. The van der Waals surface area contributed by atoms with E-state index in [9.17, 15) is 19.5 Å². The molecule has 4 saturated carbocycles. The number of esters is 2. The van der Waals surface area contributed by atoms with E-state index in [1.807, 2.05) is 5.38 Å². The second kappa shape index (κ2) is 8.78. The van der Waals surface area contributed by atoms with Crippen molar-refractivity contribution in [2.75, 3.05) is 18.5 Å². The van der Waals surface area contributed by atoms with Gasteiger partial charge < -0.3 is 19.9 Å². The summed E-state index contributed by atoms with van der Waals surface area (Å²) in [4.78, 5) is 38.1. The van der Waals surface area contributed by atoms with E-state index in [2.05, 4.69) is 19.2 Å². The van der Waals surface area contributed by atoms with Crippen LogP contribution in [-0.4, -0.2) is 41.8 Å². The average molecular weight is 464 g/mol. The maximum absolute atomic E-state index is 13.0. The summed E-state index contributed by atoms with van der Waals surface area (Å²) < 4.78 is 10.6. The number of anilines is 1. The van der Waals surface area contributed by atoms with Crippen LogP contribution in [0.2, 0.25) is 0 Å². The van der Waals surface area contributed by atoms with Crippen LogP contribution in [0.1, 0.15) is 75.2 Å². The van der Waals surface area contributed by atoms with Gasteiger partial charge in [0, 0.05) is 0 Å². The number of carbonyl (C=O) groups excluding carboxylic acids is 3. The van der Waals surface area contributed by atoms with Crippen LogP contribution in [0.15, 0.2) is 5.38 Å². The molecule has 2 N–H and O–H groups in total. The van der Waals surface area contributed by atoms with Crippen molar-refractivity contribution in [1.29, 1.82) is 0 Å². The van der Waals surface area contributed by atoms with E-state index in [4.69, 9.17) is 9.47 Å². The summed E-state index contributed by atoms with van der Waals surface area (Å²) in [5.41, 5.74) is -0.196. The van der Waals surface area contributed by atoms with Crippen molar-refractivity contribution in [3.63, 3.8) is 0 Å². The van der Waals surface area contributed by atoms with Gasteiger partial charge in [0.15, 0.2) is 6.61 Å². The van der Waals surface area contributed by atoms with Gasteiger partial charge in [-0.25, -0.2) is 4.79 Å². The first-order valence-corrected chi connectivity index (χ1v) is 12.5. The Labute approximate surface area is 192 Å². The van der Waals surface area contributed by atoms with Gasteiger partial charge >= 0.3 is 11.9 Å². The molecule has 176 valence electrons. The summed E-state index contributed by atoms with van der Waals surface area (Å²) >= 11 is 1.28. The molecule has 8 heteroatoms. The monoisotopic (exact) mass is 463 g/mol. The van der Waals surface area contributed by atoms with Gasteiger partial charge in [0.2, 0.25) is 0 Å². The molecule has 0 radical (unpaired) electrons. The molecular weight excluding hydrogens is 430 g/mol. The van der Waals surface area contributed by atoms with Gasteiger partial charge in [-0.3, -0.25) is 9.59 Å². The number of carbonyl (C=O) groups is 3. The Bertz CT molecular complexity index is 892. The molecule has 2 atom stereocenters. The SMILES string of the molecule is CCOC(=O)c1c(CC(C)C)csc1NC(=O)COC(=O)C12C[C@H]3C[C@@H](CC(O)(C3)C1)C2. The van der Waals surface area contributed by atoms with Crippen molar-refractivity contribution in [2.24, 2.45) is 23.2 Å². The number of aliphatic hydroxyl groups is 1. The molecule has 4 aliphatic carbocycles. The third-order valence-electron chi connectivity index (χ3n) is 7.03. The van der Waals surface area contributed by atoms with E-state index in [-0.39, 0.29) is 12.6 Å². The number of rotatable bonds is 8. The summed E-state index contributed by atoms with van der Waals surface area (Å²) in [6.45, 7) is 5.70. The van der Waals surface area contributed by atoms with Crippen LogP contribution in [0.5, 0.6) is 0 Å². The molecule has 0 aliphatic heterocycles. The van der Waals surface area contributed by atoms with Crippen LogP contribution in [0, 0.1) is 23.2 Å². The lowest BCUT2D eigenvalue weighted by Gasteiger charge is -2.58. The standard InChI is InChI=1S/C24H33NO6S/c1-4-30-21(27)19-17(5-14(2)3)12-32-20(19)25-18(26)11-31-22(28)23-7-15-6-16(8-23)10-24(29,9-15)13-23/h12,14-16,29H,4-11,13H2,1-3H3,(H,25,26)/t15-,16-,23?,24?/m1/s1. The minimum absolute atomic E-state index is 0.247. The van der Waals surface area contributed by atoms with Crippen molar-refractivity contribution >= 4 is 34.2 Å². The van der Waals surface area contributed by atoms with Crippen LogP contribution in [0.25, 0.3) is 0 Å². The summed E-state index contributed by atoms with van der Waals surface area (Å²) in [6.07, 6.45) is 5.23. The summed E-state index contributed by atoms with van der Waals surface area (Å²) in [5.74, 6) is -0.251. The highest BCUT2D eigenvalue weighted by Crippen LogP contribution is 2.61. The number of ether oxygens (including phenoxy) is 2. The van der Waals surface area contributed by atoms with Gasteiger partial charge in [0.25, 0.3) is 5.91 Å². The molecule has 4 bridgehead atoms. The van der Waals surface area contributed by atoms with Crippen molar-refractivity contribution in [1.82, 2.24) is 0 Å². The molecule has 1 aromatic heterocycles. The minimum atomic E-state index is -0.760. The van der Waals surface area contributed by atoms with Crippen molar-refractivity contribution in [2.45, 2.75) is 71.3 Å². The van der Waals surface area contributed by atoms with Crippen molar-refractivity contribution in [3.8, 4) is 0 Å². The molecule has 1 aromatic rings. The van der Waals surface area contributed by atoms with Crippen LogP contribution >= 0.6 is 11.3 Å². The lowest BCUT2D eigenvalue weighted by molar-refractivity contribution is -0.196. The van der Waals surface area contributed by atoms with E-state index < -0.39 is 29.5 Å². The zero-order valence-corrected chi connectivity index (χ0v) is 19.9. The highest BCUT2D eigenvalue weighted by atomic mass is 32.1. The molecule has 0 saturated heterocycles. The quantitative estimate of drug-likeness (QED) is 0.566. The first-order valence-electron chi connectivity index (χ1n) is 11.6. The number of thiophene rings is 1. The zero-order chi connectivity index (χ0) is 23.1. The fourth-order valence-electron chi connectivity index (χ4n) is 6.40. The van der Waals surface area contributed by atoms with Crippen LogP contribution < -0.4 is 5.32 Å². The smallest absolute Gasteiger partial charge is 0.341 e. The normalized spacial score (nSPS) is 30.4. The summed E-state index contributed by atoms with van der Waals surface area (Å²) in [6, 6.07) is 0.